The number of fused-ring (bicyclic) bond motifs is 3. The number of carbonyl (C=O) groups is 1. The molecule has 29 heavy (non-hydrogen) atoms. The second-order valence-electron chi connectivity index (χ2n) is 6.57. The highest BCUT2D eigenvalue weighted by molar-refractivity contribution is 7.89. The largest absolute Gasteiger partial charge is 0.392 e. The minimum absolute atomic E-state index is 0.0329. The molecule has 0 saturated carbocycles. The van der Waals surface area contributed by atoms with Crippen molar-refractivity contribution in [3.63, 3.8) is 0 Å². The highest BCUT2D eigenvalue weighted by Crippen LogP contribution is 2.25. The number of aromatic amines is 2. The van der Waals surface area contributed by atoms with Crippen molar-refractivity contribution in [2.24, 2.45) is 0 Å². The Balaban J connectivity index is 1.54. The van der Waals surface area contributed by atoms with Gasteiger partial charge in [0.25, 0.3) is 5.91 Å². The van der Waals surface area contributed by atoms with Gasteiger partial charge in [-0.05, 0) is 43.3 Å². The number of rotatable bonds is 6. The van der Waals surface area contributed by atoms with Crippen molar-refractivity contribution in [1.29, 1.82) is 0 Å². The predicted molar refractivity (Wildman–Crippen MR) is 107 cm³/mol. The van der Waals surface area contributed by atoms with Crippen molar-refractivity contribution in [1.82, 2.24) is 25.1 Å². The molecule has 0 bridgehead atoms. The molecular formula is C18H18N6O4S. The summed E-state index contributed by atoms with van der Waals surface area (Å²) in [5.74, 6) is -0.404. The highest BCUT2D eigenvalue weighted by Gasteiger charge is 2.17. The van der Waals surface area contributed by atoms with Gasteiger partial charge in [-0.1, -0.05) is 0 Å². The first kappa shape index (κ1) is 19.1. The van der Waals surface area contributed by atoms with Crippen LogP contribution in [0.3, 0.4) is 0 Å². The number of hydrogen-bond acceptors (Lipinski definition) is 6. The Labute approximate surface area is 165 Å². The van der Waals surface area contributed by atoms with Gasteiger partial charge in [0.2, 0.25) is 10.0 Å². The van der Waals surface area contributed by atoms with Gasteiger partial charge in [0.15, 0.2) is 0 Å². The quantitative estimate of drug-likeness (QED) is 0.321. The number of H-pyrrole nitrogens is 2. The van der Waals surface area contributed by atoms with E-state index >= 15 is 0 Å². The first-order valence-corrected chi connectivity index (χ1v) is 10.2. The standard InChI is InChI=1S/C18H18N6O4S/c1-10(25)8-20-29(27,28)12-4-2-11(3-5-12)21-18(26)17-13-6-7-15-14(9-19-22-15)16(13)23-24-17/h2-7,9-10,20,25H,8H2,1H3,(H,19,22)(H,21,26)(H,23,24). The lowest BCUT2D eigenvalue weighted by atomic mass is 10.1. The maximum absolute atomic E-state index is 12.7. The van der Waals surface area contributed by atoms with Crippen LogP contribution in [0.2, 0.25) is 0 Å². The highest BCUT2D eigenvalue weighted by atomic mass is 32.2. The van der Waals surface area contributed by atoms with Crippen molar-refractivity contribution in [2.75, 3.05) is 11.9 Å². The van der Waals surface area contributed by atoms with Gasteiger partial charge in [-0.15, -0.1) is 0 Å². The fourth-order valence-corrected chi connectivity index (χ4v) is 4.02. The second-order valence-corrected chi connectivity index (χ2v) is 8.34. The van der Waals surface area contributed by atoms with E-state index < -0.39 is 22.0 Å². The Morgan fingerprint density at radius 3 is 2.62 bits per heavy atom. The molecule has 2 heterocycles. The zero-order valence-electron chi connectivity index (χ0n) is 15.3. The molecule has 5 N–H and O–H groups in total. The molecule has 1 unspecified atom stereocenters. The van der Waals surface area contributed by atoms with Crippen LogP contribution < -0.4 is 10.0 Å². The smallest absolute Gasteiger partial charge is 0.274 e. The summed E-state index contributed by atoms with van der Waals surface area (Å²) in [6.07, 6.45) is 0.848. The van der Waals surface area contributed by atoms with Crippen molar-refractivity contribution in [3.05, 3.63) is 48.3 Å². The summed E-state index contributed by atoms with van der Waals surface area (Å²) in [5.41, 5.74) is 2.17. The van der Waals surface area contributed by atoms with E-state index in [9.17, 15) is 18.3 Å². The van der Waals surface area contributed by atoms with Crippen LogP contribution in [-0.4, -0.2) is 52.5 Å². The number of anilines is 1. The maximum Gasteiger partial charge on any atom is 0.274 e. The number of sulfonamides is 1. The third kappa shape index (κ3) is 3.70. The summed E-state index contributed by atoms with van der Waals surface area (Å²) in [4.78, 5) is 12.7. The van der Waals surface area contributed by atoms with Gasteiger partial charge in [0.05, 0.1) is 22.7 Å². The molecule has 0 spiro atoms. The van der Waals surface area contributed by atoms with Crippen molar-refractivity contribution >= 4 is 43.4 Å². The van der Waals surface area contributed by atoms with E-state index in [0.717, 1.165) is 10.9 Å². The number of nitrogens with one attached hydrogen (secondary N) is 4. The average molecular weight is 414 g/mol. The van der Waals surface area contributed by atoms with Crippen LogP contribution in [0.25, 0.3) is 21.8 Å². The Bertz CT molecular complexity index is 1290. The van der Waals surface area contributed by atoms with Crippen LogP contribution in [-0.2, 0) is 10.0 Å². The molecule has 11 heteroatoms. The summed E-state index contributed by atoms with van der Waals surface area (Å²) in [5, 5.41) is 27.2. The van der Waals surface area contributed by atoms with Crippen LogP contribution in [0, 0.1) is 0 Å². The summed E-state index contributed by atoms with van der Waals surface area (Å²) >= 11 is 0. The Kier molecular flexibility index (Phi) is 4.78. The van der Waals surface area contributed by atoms with E-state index in [1.54, 1.807) is 12.3 Å². The molecule has 1 amide bonds. The van der Waals surface area contributed by atoms with E-state index in [1.165, 1.54) is 31.2 Å². The van der Waals surface area contributed by atoms with E-state index in [-0.39, 0.29) is 11.4 Å². The maximum atomic E-state index is 12.7. The third-order valence-corrected chi connectivity index (χ3v) is 5.80. The van der Waals surface area contributed by atoms with Crippen LogP contribution in [0.15, 0.2) is 47.5 Å². The number of carbonyl (C=O) groups excluding carboxylic acids is 1. The van der Waals surface area contributed by atoms with Crippen molar-refractivity contribution in [2.45, 2.75) is 17.9 Å². The zero-order chi connectivity index (χ0) is 20.6. The van der Waals surface area contributed by atoms with Crippen LogP contribution in [0.5, 0.6) is 0 Å². The van der Waals surface area contributed by atoms with E-state index in [0.29, 0.717) is 22.3 Å². The third-order valence-electron chi connectivity index (χ3n) is 4.36. The summed E-state index contributed by atoms with van der Waals surface area (Å²) < 4.78 is 26.6. The minimum Gasteiger partial charge on any atom is -0.392 e. The van der Waals surface area contributed by atoms with Crippen molar-refractivity contribution in [3.8, 4) is 0 Å². The molecule has 2 aromatic heterocycles. The normalized spacial score (nSPS) is 13.0. The molecule has 0 saturated heterocycles. The van der Waals surface area contributed by atoms with Crippen LogP contribution in [0.1, 0.15) is 17.4 Å². The fraction of sp³-hybridized carbons (Fsp3) is 0.167. The molecule has 150 valence electrons. The van der Waals surface area contributed by atoms with E-state index in [4.69, 9.17) is 0 Å². The summed E-state index contributed by atoms with van der Waals surface area (Å²) in [6, 6.07) is 9.32. The molecule has 0 aliphatic rings. The fourth-order valence-electron chi connectivity index (χ4n) is 2.89. The van der Waals surface area contributed by atoms with E-state index in [2.05, 4.69) is 30.4 Å². The number of aromatic nitrogens is 4. The molecule has 2 aromatic carbocycles. The summed E-state index contributed by atoms with van der Waals surface area (Å²) in [7, 11) is -3.74. The van der Waals surface area contributed by atoms with Crippen LogP contribution in [0.4, 0.5) is 5.69 Å². The number of benzene rings is 2. The van der Waals surface area contributed by atoms with Gasteiger partial charge < -0.3 is 10.4 Å². The van der Waals surface area contributed by atoms with Gasteiger partial charge in [0.1, 0.15) is 11.2 Å². The monoisotopic (exact) mass is 414 g/mol. The molecule has 4 aromatic rings. The number of amides is 1. The lowest BCUT2D eigenvalue weighted by Gasteiger charge is -2.09. The zero-order valence-corrected chi connectivity index (χ0v) is 16.1. The average Bonchev–Trinajstić information content (AvgIpc) is 3.33. The molecule has 10 nitrogen and oxygen atoms in total. The molecule has 1 atom stereocenters. The molecule has 0 fully saturated rings. The second kappa shape index (κ2) is 7.28. The molecule has 0 radical (unpaired) electrons. The molecule has 0 aliphatic heterocycles. The van der Waals surface area contributed by atoms with E-state index in [1.807, 2.05) is 6.07 Å². The molecule has 4 rings (SSSR count). The molecular weight excluding hydrogens is 396 g/mol. The lowest BCUT2D eigenvalue weighted by Crippen LogP contribution is -2.30. The summed E-state index contributed by atoms with van der Waals surface area (Å²) in [6.45, 7) is 1.40. The van der Waals surface area contributed by atoms with Crippen LogP contribution >= 0.6 is 0 Å². The molecule has 0 aliphatic carbocycles. The number of hydrogen-bond donors (Lipinski definition) is 5. The topological polar surface area (TPSA) is 153 Å². The Hall–Kier alpha value is -3.28. The number of aliphatic hydroxyl groups is 1. The van der Waals surface area contributed by atoms with Gasteiger partial charge in [0, 0.05) is 23.0 Å². The SMILES string of the molecule is CC(O)CNS(=O)(=O)c1ccc(NC(=O)c2[nH]nc3c2ccc2[nH]ncc23)cc1. The minimum atomic E-state index is -3.74. The van der Waals surface area contributed by atoms with Gasteiger partial charge in [-0.2, -0.15) is 10.2 Å². The predicted octanol–water partition coefficient (Wildman–Crippen LogP) is 1.35. The number of nitrogens with zero attached hydrogens (tertiary/aromatic N) is 2. The van der Waals surface area contributed by atoms with Gasteiger partial charge in [-0.25, -0.2) is 13.1 Å². The number of aliphatic hydroxyl groups excluding tert-OH is 1. The lowest BCUT2D eigenvalue weighted by molar-refractivity contribution is 0.102. The van der Waals surface area contributed by atoms with Crippen molar-refractivity contribution < 1.29 is 18.3 Å². The van der Waals surface area contributed by atoms with Gasteiger partial charge >= 0.3 is 0 Å². The first-order valence-electron chi connectivity index (χ1n) is 8.74. The van der Waals surface area contributed by atoms with Gasteiger partial charge in [-0.3, -0.25) is 15.0 Å². The Morgan fingerprint density at radius 1 is 1.14 bits per heavy atom. The first-order chi connectivity index (χ1) is 13.8. The Morgan fingerprint density at radius 2 is 1.90 bits per heavy atom.